The molecule has 4 heteroatoms. The predicted molar refractivity (Wildman–Crippen MR) is 66.2 cm³/mol. The molecule has 0 bridgehead atoms. The third-order valence-electron chi connectivity index (χ3n) is 2.94. The van der Waals surface area contributed by atoms with Crippen molar-refractivity contribution in [2.45, 2.75) is 25.7 Å². The standard InChI is InChI=1S/C12H16BrNO2/c1-8-2-3-9(10(13)4-8)5-14-6-11(15)12(16)7-14/h2-4,11-12,15-16H,5-7H2,1H3/t11-,12-/m1/s1. The molecule has 1 heterocycles. The minimum atomic E-state index is -0.607. The number of aryl methyl sites for hydroxylation is 1. The van der Waals surface area contributed by atoms with Gasteiger partial charge in [-0.3, -0.25) is 4.90 Å². The molecule has 1 aliphatic rings. The maximum absolute atomic E-state index is 9.46. The first-order valence-corrected chi connectivity index (χ1v) is 6.19. The number of β-amino-alcohol motifs (C(OH)–C–C–N with tert-alkyl or cyclic N) is 2. The Morgan fingerprint density at radius 3 is 2.50 bits per heavy atom. The summed E-state index contributed by atoms with van der Waals surface area (Å²) in [5.74, 6) is 0. The molecule has 16 heavy (non-hydrogen) atoms. The van der Waals surface area contributed by atoms with Gasteiger partial charge in [-0.1, -0.05) is 28.1 Å². The van der Waals surface area contributed by atoms with E-state index < -0.39 is 12.2 Å². The second-order valence-corrected chi connectivity index (χ2v) is 5.28. The molecular weight excluding hydrogens is 270 g/mol. The maximum Gasteiger partial charge on any atom is 0.0938 e. The Morgan fingerprint density at radius 1 is 1.31 bits per heavy atom. The highest BCUT2D eigenvalue weighted by molar-refractivity contribution is 9.10. The van der Waals surface area contributed by atoms with Gasteiger partial charge in [-0.15, -0.1) is 0 Å². The first-order chi connectivity index (χ1) is 7.56. The summed E-state index contributed by atoms with van der Waals surface area (Å²) in [6.07, 6.45) is -1.21. The van der Waals surface area contributed by atoms with Gasteiger partial charge in [0.05, 0.1) is 12.2 Å². The largest absolute Gasteiger partial charge is 0.389 e. The molecule has 3 nitrogen and oxygen atoms in total. The number of hydrogen-bond acceptors (Lipinski definition) is 3. The SMILES string of the molecule is Cc1ccc(CN2C[C@@H](O)[C@H](O)C2)c(Br)c1. The van der Waals surface area contributed by atoms with Crippen molar-refractivity contribution >= 4 is 15.9 Å². The van der Waals surface area contributed by atoms with Gasteiger partial charge in [0.25, 0.3) is 0 Å². The lowest BCUT2D eigenvalue weighted by Gasteiger charge is -2.16. The Kier molecular flexibility index (Phi) is 3.64. The maximum atomic E-state index is 9.46. The average Bonchev–Trinajstić information content (AvgIpc) is 2.51. The molecule has 1 aromatic rings. The summed E-state index contributed by atoms with van der Waals surface area (Å²) < 4.78 is 1.09. The van der Waals surface area contributed by atoms with Gasteiger partial charge in [0, 0.05) is 24.1 Å². The van der Waals surface area contributed by atoms with Gasteiger partial charge >= 0.3 is 0 Å². The highest BCUT2D eigenvalue weighted by Crippen LogP contribution is 2.22. The third kappa shape index (κ3) is 2.63. The summed E-state index contributed by atoms with van der Waals surface area (Å²) in [4.78, 5) is 2.06. The van der Waals surface area contributed by atoms with Gasteiger partial charge in [-0.25, -0.2) is 0 Å². The van der Waals surface area contributed by atoms with Crippen LogP contribution in [0.5, 0.6) is 0 Å². The Bertz CT molecular complexity index is 373. The van der Waals surface area contributed by atoms with Crippen LogP contribution >= 0.6 is 15.9 Å². The van der Waals surface area contributed by atoms with Gasteiger partial charge in [0.2, 0.25) is 0 Å². The molecule has 0 saturated carbocycles. The summed E-state index contributed by atoms with van der Waals surface area (Å²) in [5, 5.41) is 18.9. The first-order valence-electron chi connectivity index (χ1n) is 5.40. The van der Waals surface area contributed by atoms with E-state index in [1.807, 2.05) is 0 Å². The second kappa shape index (κ2) is 4.84. The molecule has 88 valence electrons. The van der Waals surface area contributed by atoms with Crippen LogP contribution in [0.15, 0.2) is 22.7 Å². The number of hydrogen-bond donors (Lipinski definition) is 2. The van der Waals surface area contributed by atoms with Crippen LogP contribution in [0.1, 0.15) is 11.1 Å². The van der Waals surface area contributed by atoms with Crippen molar-refractivity contribution in [3.63, 3.8) is 0 Å². The number of aliphatic hydroxyl groups is 2. The van der Waals surface area contributed by atoms with Crippen molar-refractivity contribution in [3.05, 3.63) is 33.8 Å². The van der Waals surface area contributed by atoms with Crippen molar-refractivity contribution in [1.29, 1.82) is 0 Å². The van der Waals surface area contributed by atoms with E-state index in [2.05, 4.69) is 46.0 Å². The fourth-order valence-corrected chi connectivity index (χ4v) is 2.62. The highest BCUT2D eigenvalue weighted by atomic mass is 79.9. The monoisotopic (exact) mass is 285 g/mol. The summed E-state index contributed by atoms with van der Waals surface area (Å²) in [7, 11) is 0. The van der Waals surface area contributed by atoms with Crippen LogP contribution in [0.2, 0.25) is 0 Å². The van der Waals surface area contributed by atoms with Gasteiger partial charge in [-0.2, -0.15) is 0 Å². The minimum Gasteiger partial charge on any atom is -0.389 e. The van der Waals surface area contributed by atoms with Crippen LogP contribution in [0.3, 0.4) is 0 Å². The number of benzene rings is 1. The zero-order chi connectivity index (χ0) is 11.7. The summed E-state index contributed by atoms with van der Waals surface area (Å²) in [6.45, 7) is 3.90. The fourth-order valence-electron chi connectivity index (χ4n) is 2.00. The normalized spacial score (nSPS) is 26.2. The highest BCUT2D eigenvalue weighted by Gasteiger charge is 2.29. The minimum absolute atomic E-state index is 0.543. The van der Waals surface area contributed by atoms with E-state index in [1.54, 1.807) is 0 Å². The molecule has 0 radical (unpaired) electrons. The molecule has 0 spiro atoms. The predicted octanol–water partition coefficient (Wildman–Crippen LogP) is 1.29. The van der Waals surface area contributed by atoms with E-state index in [0.717, 1.165) is 11.0 Å². The zero-order valence-corrected chi connectivity index (χ0v) is 10.8. The number of likely N-dealkylation sites (tertiary alicyclic amines) is 1. The van der Waals surface area contributed by atoms with E-state index in [-0.39, 0.29) is 0 Å². The molecule has 0 amide bonds. The van der Waals surface area contributed by atoms with E-state index in [1.165, 1.54) is 11.1 Å². The molecule has 1 aromatic carbocycles. The van der Waals surface area contributed by atoms with E-state index in [4.69, 9.17) is 0 Å². The van der Waals surface area contributed by atoms with Crippen molar-refractivity contribution in [2.75, 3.05) is 13.1 Å². The van der Waals surface area contributed by atoms with E-state index in [0.29, 0.717) is 13.1 Å². The molecule has 1 aliphatic heterocycles. The number of nitrogens with zero attached hydrogens (tertiary/aromatic N) is 1. The number of rotatable bonds is 2. The molecule has 2 atom stereocenters. The van der Waals surface area contributed by atoms with Crippen LogP contribution in [-0.4, -0.2) is 40.4 Å². The lowest BCUT2D eigenvalue weighted by atomic mass is 10.1. The Balaban J connectivity index is 2.05. The van der Waals surface area contributed by atoms with E-state index in [9.17, 15) is 10.2 Å². The van der Waals surface area contributed by atoms with Crippen molar-refractivity contribution < 1.29 is 10.2 Å². The molecule has 1 saturated heterocycles. The summed E-state index contributed by atoms with van der Waals surface area (Å²) in [5.41, 5.74) is 2.41. The Labute approximate surface area is 104 Å². The van der Waals surface area contributed by atoms with Gasteiger partial charge in [-0.05, 0) is 24.1 Å². The molecule has 2 N–H and O–H groups in total. The quantitative estimate of drug-likeness (QED) is 0.861. The molecule has 1 fully saturated rings. The Hall–Kier alpha value is -0.420. The van der Waals surface area contributed by atoms with Gasteiger partial charge < -0.3 is 10.2 Å². The zero-order valence-electron chi connectivity index (χ0n) is 9.23. The topological polar surface area (TPSA) is 43.7 Å². The van der Waals surface area contributed by atoms with Crippen LogP contribution in [0, 0.1) is 6.92 Å². The lowest BCUT2D eigenvalue weighted by molar-refractivity contribution is 0.0572. The third-order valence-corrected chi connectivity index (χ3v) is 3.68. The molecule has 0 aromatic heterocycles. The van der Waals surface area contributed by atoms with Crippen molar-refractivity contribution in [2.24, 2.45) is 0 Å². The van der Waals surface area contributed by atoms with Crippen molar-refractivity contribution in [1.82, 2.24) is 4.90 Å². The van der Waals surface area contributed by atoms with Gasteiger partial charge in [0.15, 0.2) is 0 Å². The molecule has 0 aliphatic carbocycles. The summed E-state index contributed by atoms with van der Waals surface area (Å²) >= 11 is 3.53. The second-order valence-electron chi connectivity index (χ2n) is 4.42. The smallest absolute Gasteiger partial charge is 0.0938 e. The van der Waals surface area contributed by atoms with Crippen LogP contribution in [0.25, 0.3) is 0 Å². The molecular formula is C12H16BrNO2. The van der Waals surface area contributed by atoms with Crippen LogP contribution in [-0.2, 0) is 6.54 Å². The van der Waals surface area contributed by atoms with Gasteiger partial charge in [0.1, 0.15) is 0 Å². The average molecular weight is 286 g/mol. The molecule has 0 unspecified atom stereocenters. The Morgan fingerprint density at radius 2 is 1.94 bits per heavy atom. The number of aliphatic hydroxyl groups excluding tert-OH is 2. The van der Waals surface area contributed by atoms with Crippen LogP contribution < -0.4 is 0 Å². The summed E-state index contributed by atoms with van der Waals surface area (Å²) in [6, 6.07) is 6.23. The van der Waals surface area contributed by atoms with Crippen LogP contribution in [0.4, 0.5) is 0 Å². The first kappa shape index (κ1) is 12.0. The number of halogens is 1. The fraction of sp³-hybridized carbons (Fsp3) is 0.500. The molecule has 2 rings (SSSR count). The van der Waals surface area contributed by atoms with Crippen molar-refractivity contribution in [3.8, 4) is 0 Å². The van der Waals surface area contributed by atoms with E-state index >= 15 is 0 Å². The lowest BCUT2D eigenvalue weighted by Crippen LogP contribution is -2.22.